The lowest BCUT2D eigenvalue weighted by Crippen LogP contribution is -2.18. The second kappa shape index (κ2) is 6.49. The quantitative estimate of drug-likeness (QED) is 0.628. The summed E-state index contributed by atoms with van der Waals surface area (Å²) in [4.78, 5) is 19.9. The fraction of sp³-hybridized carbons (Fsp3) is 0.385. The van der Waals surface area contributed by atoms with Gasteiger partial charge in [0, 0.05) is 11.9 Å². The molecule has 0 fully saturated rings. The Labute approximate surface area is 126 Å². The van der Waals surface area contributed by atoms with Crippen LogP contribution >= 0.6 is 11.3 Å². The number of hydrogen-bond acceptors (Lipinski definition) is 7. The molecule has 2 aromatic heterocycles. The molecule has 0 aromatic carbocycles. The maximum absolute atomic E-state index is 11.3. The van der Waals surface area contributed by atoms with Crippen molar-refractivity contribution in [2.24, 2.45) is 5.92 Å². The van der Waals surface area contributed by atoms with Crippen LogP contribution in [0.1, 0.15) is 24.8 Å². The van der Waals surface area contributed by atoms with Crippen LogP contribution in [0.5, 0.6) is 0 Å². The van der Waals surface area contributed by atoms with Crippen molar-refractivity contribution in [3.05, 3.63) is 38.8 Å². The predicted octanol–water partition coefficient (Wildman–Crippen LogP) is 3.30. The number of rotatable bonds is 6. The van der Waals surface area contributed by atoms with Gasteiger partial charge in [0.05, 0.1) is 11.0 Å². The lowest BCUT2D eigenvalue weighted by atomic mass is 10.0. The Balaban J connectivity index is 2.40. The van der Waals surface area contributed by atoms with Crippen LogP contribution in [0, 0.1) is 16.0 Å². The van der Waals surface area contributed by atoms with E-state index < -0.39 is 4.92 Å². The largest absolute Gasteiger partial charge is 0.367 e. The maximum Gasteiger partial charge on any atom is 0.353 e. The van der Waals surface area contributed by atoms with Gasteiger partial charge < -0.3 is 10.6 Å². The Bertz CT molecular complexity index is 615. The third-order valence-corrected chi connectivity index (χ3v) is 4.01. The maximum atomic E-state index is 11.3. The van der Waals surface area contributed by atoms with Crippen LogP contribution in [0.4, 0.5) is 17.3 Å². The first-order chi connectivity index (χ1) is 10.0. The SMILES string of the molecule is CNc1ncnc(NC(c2cccs2)C(C)C)c1[N+](=O)[O-]. The average molecular weight is 307 g/mol. The second-order valence-corrected chi connectivity index (χ2v) is 5.79. The summed E-state index contributed by atoms with van der Waals surface area (Å²) in [5.74, 6) is 0.689. The van der Waals surface area contributed by atoms with Crippen molar-refractivity contribution in [3.8, 4) is 0 Å². The molecule has 112 valence electrons. The van der Waals surface area contributed by atoms with E-state index in [1.54, 1.807) is 18.4 Å². The third-order valence-electron chi connectivity index (χ3n) is 3.05. The topological polar surface area (TPSA) is 93.0 Å². The van der Waals surface area contributed by atoms with Gasteiger partial charge >= 0.3 is 5.69 Å². The van der Waals surface area contributed by atoms with Gasteiger partial charge in [-0.2, -0.15) is 0 Å². The number of hydrogen-bond donors (Lipinski definition) is 2. The van der Waals surface area contributed by atoms with E-state index in [0.29, 0.717) is 0 Å². The summed E-state index contributed by atoms with van der Waals surface area (Å²) >= 11 is 1.61. The molecule has 0 aliphatic rings. The zero-order valence-electron chi connectivity index (χ0n) is 12.0. The van der Waals surface area contributed by atoms with Gasteiger partial charge in [-0.25, -0.2) is 9.97 Å². The van der Waals surface area contributed by atoms with E-state index in [-0.39, 0.29) is 29.3 Å². The molecular weight excluding hydrogens is 290 g/mol. The normalized spacial score (nSPS) is 12.2. The summed E-state index contributed by atoms with van der Waals surface area (Å²) < 4.78 is 0. The summed E-state index contributed by atoms with van der Waals surface area (Å²) in [6, 6.07) is 3.93. The molecule has 0 aliphatic heterocycles. The highest BCUT2D eigenvalue weighted by Crippen LogP contribution is 2.34. The Kier molecular flexibility index (Phi) is 4.69. The molecule has 21 heavy (non-hydrogen) atoms. The summed E-state index contributed by atoms with van der Waals surface area (Å²) in [6.07, 6.45) is 1.31. The molecule has 2 heterocycles. The number of nitrogens with zero attached hydrogens (tertiary/aromatic N) is 3. The average Bonchev–Trinajstić information content (AvgIpc) is 2.97. The minimum atomic E-state index is -0.472. The summed E-state index contributed by atoms with van der Waals surface area (Å²) in [6.45, 7) is 4.12. The van der Waals surface area contributed by atoms with E-state index in [4.69, 9.17) is 0 Å². The number of aromatic nitrogens is 2. The molecule has 0 aliphatic carbocycles. The standard InChI is InChI=1S/C13H17N5O2S/c1-8(2)10(9-5-4-6-21-9)17-13-11(18(19)20)12(14-3)15-7-16-13/h4-8,10H,1-3H3,(H2,14,15,16,17). The fourth-order valence-electron chi connectivity index (χ4n) is 2.02. The van der Waals surface area contributed by atoms with Crippen molar-refractivity contribution in [1.29, 1.82) is 0 Å². The van der Waals surface area contributed by atoms with Gasteiger partial charge in [0.2, 0.25) is 11.6 Å². The lowest BCUT2D eigenvalue weighted by molar-refractivity contribution is -0.383. The first kappa shape index (κ1) is 15.2. The second-order valence-electron chi connectivity index (χ2n) is 4.81. The monoisotopic (exact) mass is 307 g/mol. The van der Waals surface area contributed by atoms with Crippen molar-refractivity contribution in [2.45, 2.75) is 19.9 Å². The first-order valence-electron chi connectivity index (χ1n) is 6.51. The molecule has 0 radical (unpaired) electrons. The van der Waals surface area contributed by atoms with E-state index in [1.807, 2.05) is 17.5 Å². The van der Waals surface area contributed by atoms with E-state index >= 15 is 0 Å². The molecule has 8 heteroatoms. The van der Waals surface area contributed by atoms with Crippen LogP contribution < -0.4 is 10.6 Å². The van der Waals surface area contributed by atoms with Crippen molar-refractivity contribution in [3.63, 3.8) is 0 Å². The zero-order valence-corrected chi connectivity index (χ0v) is 12.8. The van der Waals surface area contributed by atoms with Crippen molar-refractivity contribution < 1.29 is 4.92 Å². The molecule has 0 spiro atoms. The van der Waals surface area contributed by atoms with Gasteiger partial charge in [-0.3, -0.25) is 10.1 Å². The van der Waals surface area contributed by atoms with Crippen molar-refractivity contribution in [1.82, 2.24) is 9.97 Å². The van der Waals surface area contributed by atoms with Crippen LogP contribution in [-0.2, 0) is 0 Å². The van der Waals surface area contributed by atoms with Crippen LogP contribution in [-0.4, -0.2) is 21.9 Å². The molecule has 0 saturated heterocycles. The van der Waals surface area contributed by atoms with E-state index in [9.17, 15) is 10.1 Å². The molecule has 0 amide bonds. The smallest absolute Gasteiger partial charge is 0.353 e. The molecule has 0 saturated carbocycles. The van der Waals surface area contributed by atoms with Gasteiger partial charge in [-0.15, -0.1) is 11.3 Å². The Hall–Kier alpha value is -2.22. The first-order valence-corrected chi connectivity index (χ1v) is 7.39. The molecular formula is C13H17N5O2S. The van der Waals surface area contributed by atoms with Gasteiger partial charge in [-0.05, 0) is 17.4 Å². The van der Waals surface area contributed by atoms with Crippen LogP contribution in [0.3, 0.4) is 0 Å². The van der Waals surface area contributed by atoms with Gasteiger partial charge in [0.25, 0.3) is 0 Å². The highest BCUT2D eigenvalue weighted by Gasteiger charge is 2.26. The zero-order chi connectivity index (χ0) is 15.4. The van der Waals surface area contributed by atoms with E-state index in [1.165, 1.54) is 6.33 Å². The minimum Gasteiger partial charge on any atom is -0.367 e. The third kappa shape index (κ3) is 3.27. The van der Waals surface area contributed by atoms with E-state index in [0.717, 1.165) is 4.88 Å². The number of anilines is 2. The van der Waals surface area contributed by atoms with Gasteiger partial charge in [0.15, 0.2) is 0 Å². The summed E-state index contributed by atoms with van der Waals surface area (Å²) in [5.41, 5.74) is -0.137. The molecule has 2 rings (SSSR count). The van der Waals surface area contributed by atoms with Gasteiger partial charge in [-0.1, -0.05) is 19.9 Å². The molecule has 1 atom stereocenters. The molecule has 7 nitrogen and oxygen atoms in total. The highest BCUT2D eigenvalue weighted by atomic mass is 32.1. The summed E-state index contributed by atoms with van der Waals surface area (Å²) in [5, 5.41) is 19.2. The molecule has 2 N–H and O–H groups in total. The van der Waals surface area contributed by atoms with Crippen LogP contribution in [0.15, 0.2) is 23.8 Å². The molecule has 2 aromatic rings. The van der Waals surface area contributed by atoms with E-state index in [2.05, 4.69) is 34.4 Å². The predicted molar refractivity (Wildman–Crippen MR) is 83.8 cm³/mol. The Morgan fingerprint density at radius 1 is 1.33 bits per heavy atom. The highest BCUT2D eigenvalue weighted by molar-refractivity contribution is 7.10. The van der Waals surface area contributed by atoms with Crippen molar-refractivity contribution >= 4 is 28.7 Å². The number of thiophene rings is 1. The van der Waals surface area contributed by atoms with Crippen LogP contribution in [0.2, 0.25) is 0 Å². The molecule has 1 unspecified atom stereocenters. The fourth-order valence-corrected chi connectivity index (χ4v) is 2.97. The van der Waals surface area contributed by atoms with Gasteiger partial charge in [0.1, 0.15) is 6.33 Å². The summed E-state index contributed by atoms with van der Waals surface area (Å²) in [7, 11) is 1.60. The van der Waals surface area contributed by atoms with Crippen LogP contribution in [0.25, 0.3) is 0 Å². The number of nitro groups is 1. The molecule has 0 bridgehead atoms. The number of nitrogens with one attached hydrogen (secondary N) is 2. The van der Waals surface area contributed by atoms with Crippen molar-refractivity contribution in [2.75, 3.05) is 17.7 Å². The lowest BCUT2D eigenvalue weighted by Gasteiger charge is -2.21. The minimum absolute atomic E-state index is 0.0386. The Morgan fingerprint density at radius 2 is 2.05 bits per heavy atom. The Morgan fingerprint density at radius 3 is 2.57 bits per heavy atom.